The van der Waals surface area contributed by atoms with Gasteiger partial charge in [0.2, 0.25) is 5.91 Å². The van der Waals surface area contributed by atoms with Gasteiger partial charge in [0.1, 0.15) is 5.75 Å². The molecule has 1 heterocycles. The topological polar surface area (TPSA) is 91.3 Å². The van der Waals surface area contributed by atoms with E-state index in [2.05, 4.69) is 5.32 Å². The van der Waals surface area contributed by atoms with E-state index in [0.717, 1.165) is 69.1 Å². The lowest BCUT2D eigenvalue weighted by Crippen LogP contribution is -2.47. The van der Waals surface area contributed by atoms with Gasteiger partial charge in [-0.15, -0.1) is 0 Å². The van der Waals surface area contributed by atoms with Gasteiger partial charge in [0, 0.05) is 43.8 Å². The number of anilines is 1. The van der Waals surface area contributed by atoms with Crippen molar-refractivity contribution in [3.8, 4) is 5.75 Å². The van der Waals surface area contributed by atoms with Crippen LogP contribution in [0.25, 0.3) is 0 Å². The molecule has 266 valence electrons. The van der Waals surface area contributed by atoms with Crippen molar-refractivity contribution in [3.05, 3.63) is 59.2 Å². The molecule has 11 heteroatoms. The Kier molecular flexibility index (Phi) is 13.7. The van der Waals surface area contributed by atoms with Crippen LogP contribution in [0.4, 0.5) is 18.9 Å². The van der Waals surface area contributed by atoms with E-state index in [1.807, 2.05) is 25.8 Å². The molecule has 8 nitrogen and oxygen atoms in total. The lowest BCUT2D eigenvalue weighted by Gasteiger charge is -2.36. The highest BCUT2D eigenvalue weighted by Gasteiger charge is 2.32. The number of hydrogen-bond donors (Lipinski definition) is 2. The van der Waals surface area contributed by atoms with E-state index in [4.69, 9.17) is 9.47 Å². The summed E-state index contributed by atoms with van der Waals surface area (Å²) in [5.74, 6) is -0.105. The number of nitrogens with one attached hydrogen (secondary N) is 1. The van der Waals surface area contributed by atoms with Crippen molar-refractivity contribution < 1.29 is 37.3 Å². The number of aliphatic hydroxyl groups excluding tert-OH is 1. The zero-order valence-electron chi connectivity index (χ0n) is 28.7. The second kappa shape index (κ2) is 17.5. The predicted octanol–water partition coefficient (Wildman–Crippen LogP) is 7.15. The summed E-state index contributed by atoms with van der Waals surface area (Å²) in [5.41, 5.74) is 0.928. The van der Waals surface area contributed by atoms with Gasteiger partial charge in [-0.1, -0.05) is 38.3 Å². The van der Waals surface area contributed by atoms with Crippen LogP contribution < -0.4 is 10.1 Å². The number of fused-ring (bicyclic) bond motifs is 1. The summed E-state index contributed by atoms with van der Waals surface area (Å²) < 4.78 is 51.9. The number of ether oxygens (including phenoxy) is 2. The molecule has 0 spiro atoms. The van der Waals surface area contributed by atoms with Gasteiger partial charge in [0.25, 0.3) is 5.91 Å². The van der Waals surface area contributed by atoms with Gasteiger partial charge in [-0.05, 0) is 88.9 Å². The third-order valence-corrected chi connectivity index (χ3v) is 9.52. The van der Waals surface area contributed by atoms with Gasteiger partial charge in [-0.2, -0.15) is 13.2 Å². The molecule has 2 amide bonds. The highest BCUT2D eigenvalue weighted by atomic mass is 19.4. The van der Waals surface area contributed by atoms with Crippen LogP contribution in [0, 0.1) is 11.8 Å². The van der Waals surface area contributed by atoms with Crippen molar-refractivity contribution in [1.82, 2.24) is 9.80 Å². The van der Waals surface area contributed by atoms with E-state index in [0.29, 0.717) is 36.7 Å². The monoisotopic (exact) mass is 675 g/mol. The van der Waals surface area contributed by atoms with E-state index >= 15 is 0 Å². The van der Waals surface area contributed by atoms with Gasteiger partial charge in [0.05, 0.1) is 36.0 Å². The maximum absolute atomic E-state index is 14.4. The number of rotatable bonds is 8. The minimum Gasteiger partial charge on any atom is -0.490 e. The first-order valence-corrected chi connectivity index (χ1v) is 17.3. The Morgan fingerprint density at radius 3 is 2.40 bits per heavy atom. The Morgan fingerprint density at radius 1 is 1.04 bits per heavy atom. The Hall–Kier alpha value is -3.15. The molecule has 2 aromatic carbocycles. The number of aliphatic hydroxyl groups is 1. The van der Waals surface area contributed by atoms with Gasteiger partial charge in [-0.25, -0.2) is 0 Å². The maximum atomic E-state index is 14.4. The highest BCUT2D eigenvalue weighted by molar-refractivity contribution is 6.00. The summed E-state index contributed by atoms with van der Waals surface area (Å²) in [4.78, 5) is 31.1. The Bertz CT molecular complexity index is 1330. The van der Waals surface area contributed by atoms with Gasteiger partial charge in [0.15, 0.2) is 0 Å². The van der Waals surface area contributed by atoms with E-state index in [-0.39, 0.29) is 49.0 Å². The molecule has 0 unspecified atom stereocenters. The number of amides is 2. The van der Waals surface area contributed by atoms with E-state index in [1.54, 1.807) is 30.0 Å². The van der Waals surface area contributed by atoms with Crippen molar-refractivity contribution in [2.75, 3.05) is 38.7 Å². The number of nitrogens with zero attached hydrogens (tertiary/aromatic N) is 2. The quantitative estimate of drug-likeness (QED) is 0.309. The Labute approximate surface area is 283 Å². The molecule has 0 bridgehead atoms. The average molecular weight is 676 g/mol. The van der Waals surface area contributed by atoms with Crippen molar-refractivity contribution >= 4 is 17.5 Å². The van der Waals surface area contributed by atoms with Gasteiger partial charge >= 0.3 is 6.18 Å². The van der Waals surface area contributed by atoms with Crippen LogP contribution in [0.15, 0.2) is 42.5 Å². The zero-order valence-corrected chi connectivity index (χ0v) is 28.7. The number of carbonyl (C=O) groups excluding carboxylic acids is 2. The fourth-order valence-electron chi connectivity index (χ4n) is 6.55. The summed E-state index contributed by atoms with van der Waals surface area (Å²) in [7, 11) is 1.90. The third kappa shape index (κ3) is 10.7. The van der Waals surface area contributed by atoms with E-state index in [1.165, 1.54) is 12.1 Å². The number of alkyl halides is 3. The van der Waals surface area contributed by atoms with E-state index in [9.17, 15) is 27.9 Å². The molecule has 2 N–H and O–H groups in total. The first-order chi connectivity index (χ1) is 22.8. The van der Waals surface area contributed by atoms with Crippen LogP contribution in [0.5, 0.6) is 5.75 Å². The van der Waals surface area contributed by atoms with Crippen molar-refractivity contribution in [2.24, 2.45) is 11.8 Å². The lowest BCUT2D eigenvalue weighted by atomic mass is 9.88. The highest BCUT2D eigenvalue weighted by Crippen LogP contribution is 2.31. The van der Waals surface area contributed by atoms with Crippen LogP contribution in [-0.2, 0) is 22.3 Å². The fraction of sp³-hybridized carbons (Fsp3) is 0.622. The van der Waals surface area contributed by atoms with Crippen molar-refractivity contribution in [2.45, 2.75) is 103 Å². The molecule has 0 radical (unpaired) electrons. The third-order valence-electron chi connectivity index (χ3n) is 9.52. The lowest BCUT2D eigenvalue weighted by molar-refractivity contribution is -0.137. The van der Waals surface area contributed by atoms with Crippen LogP contribution in [0.1, 0.15) is 93.6 Å². The molecule has 4 rings (SSSR count). The second-order valence-corrected chi connectivity index (χ2v) is 13.7. The van der Waals surface area contributed by atoms with Crippen molar-refractivity contribution in [3.63, 3.8) is 0 Å². The van der Waals surface area contributed by atoms with Crippen LogP contribution in [0.2, 0.25) is 0 Å². The standard InChI is InChI=1S/C37H52F3N3O5/c1-25-21-43(26(2)24-44)36(46)32-20-31(41-35(45)29-11-6-5-7-12-29)17-18-33(32)48-27(3)10-8-9-19-47-34(25)23-42(4)22-28-13-15-30(16-14-28)37(38,39)40/h13-18,20,25-27,29,34,44H,5-12,19,21-24H2,1-4H3,(H,41,45)/t25-,26-,27+,34-/m0/s1. The van der Waals surface area contributed by atoms with E-state index < -0.39 is 17.8 Å². The average Bonchev–Trinajstić information content (AvgIpc) is 3.06. The van der Waals surface area contributed by atoms with Crippen molar-refractivity contribution in [1.29, 1.82) is 0 Å². The summed E-state index contributed by atoms with van der Waals surface area (Å²) in [6.07, 6.45) is 2.51. The molecule has 4 atom stereocenters. The number of carbonyl (C=O) groups is 2. The summed E-state index contributed by atoms with van der Waals surface area (Å²) in [5, 5.41) is 13.3. The molecule has 2 aliphatic rings. The number of hydrogen-bond acceptors (Lipinski definition) is 6. The molecular weight excluding hydrogens is 623 g/mol. The Balaban J connectivity index is 1.56. The first-order valence-electron chi connectivity index (χ1n) is 17.3. The summed E-state index contributed by atoms with van der Waals surface area (Å²) >= 11 is 0. The predicted molar refractivity (Wildman–Crippen MR) is 180 cm³/mol. The molecule has 48 heavy (non-hydrogen) atoms. The van der Waals surface area contributed by atoms with Crippen LogP contribution in [0.3, 0.4) is 0 Å². The summed E-state index contributed by atoms with van der Waals surface area (Å²) in [6, 6.07) is 9.88. The molecular formula is C37H52F3N3O5. The molecule has 1 fully saturated rings. The second-order valence-electron chi connectivity index (χ2n) is 13.7. The maximum Gasteiger partial charge on any atom is 0.416 e. The number of halogens is 3. The zero-order chi connectivity index (χ0) is 34.8. The molecule has 0 saturated heterocycles. The Morgan fingerprint density at radius 2 is 1.73 bits per heavy atom. The largest absolute Gasteiger partial charge is 0.490 e. The molecule has 2 aromatic rings. The molecule has 1 saturated carbocycles. The van der Waals surface area contributed by atoms with Crippen LogP contribution in [-0.4, -0.2) is 78.3 Å². The SMILES string of the molecule is C[C@@H]1CCCCO[C@@H](CN(C)Cc2ccc(C(F)(F)F)cc2)[C@@H](C)CN([C@@H](C)CO)C(=O)c2cc(NC(=O)C3CCCCC3)ccc2O1. The minimum atomic E-state index is -4.39. The first kappa shape index (κ1) is 37.7. The van der Waals surface area contributed by atoms with Crippen LogP contribution >= 0.6 is 0 Å². The molecule has 1 aliphatic carbocycles. The number of benzene rings is 2. The molecule has 0 aromatic heterocycles. The van der Waals surface area contributed by atoms with Gasteiger partial charge < -0.3 is 24.8 Å². The van der Waals surface area contributed by atoms with Gasteiger partial charge in [-0.3, -0.25) is 14.5 Å². The minimum absolute atomic E-state index is 0.0353. The summed E-state index contributed by atoms with van der Waals surface area (Å²) in [6.45, 7) is 7.24. The number of likely N-dealkylation sites (N-methyl/N-ethyl adjacent to an activating group) is 1. The fourth-order valence-corrected chi connectivity index (χ4v) is 6.55. The molecule has 1 aliphatic heterocycles. The smallest absolute Gasteiger partial charge is 0.416 e. The normalized spacial score (nSPS) is 22.8.